The summed E-state index contributed by atoms with van der Waals surface area (Å²) in [6, 6.07) is 8.97. The zero-order valence-electron chi connectivity index (χ0n) is 13.5. The molecule has 0 fully saturated rings. The molecule has 3 aromatic rings. The molecule has 0 aliphatic heterocycles. The second kappa shape index (κ2) is 6.56. The minimum absolute atomic E-state index is 0.233. The highest BCUT2D eigenvalue weighted by Crippen LogP contribution is 2.29. The number of fused-ring (bicyclic) bond motifs is 1. The minimum atomic E-state index is -0.233. The predicted octanol–water partition coefficient (Wildman–Crippen LogP) is 4.54. The topological polar surface area (TPSA) is 39.9 Å². The van der Waals surface area contributed by atoms with Gasteiger partial charge in [-0.25, -0.2) is 9.07 Å². The molecule has 0 saturated carbocycles. The lowest BCUT2D eigenvalue weighted by atomic mass is 10.1. The summed E-state index contributed by atoms with van der Waals surface area (Å²) in [6.07, 6.45) is 0. The monoisotopic (exact) mass is 301 g/mol. The summed E-state index contributed by atoms with van der Waals surface area (Å²) in [4.78, 5) is 0. The van der Waals surface area contributed by atoms with E-state index < -0.39 is 0 Å². The van der Waals surface area contributed by atoms with Gasteiger partial charge in [-0.3, -0.25) is 0 Å². The summed E-state index contributed by atoms with van der Waals surface area (Å²) in [5, 5.41) is 7.97. The van der Waals surface area contributed by atoms with Gasteiger partial charge in [-0.05, 0) is 37.6 Å². The van der Waals surface area contributed by atoms with E-state index in [2.05, 4.69) is 10.3 Å². The maximum Gasteiger partial charge on any atom is 0.133 e. The molecule has 0 saturated heterocycles. The maximum atomic E-state index is 13.8. The van der Waals surface area contributed by atoms with Crippen LogP contribution in [0.5, 0.6) is 11.5 Å². The molecule has 0 amide bonds. The van der Waals surface area contributed by atoms with Crippen LogP contribution in [0.3, 0.4) is 0 Å². The van der Waals surface area contributed by atoms with Gasteiger partial charge in [0.15, 0.2) is 0 Å². The van der Waals surface area contributed by atoms with Crippen LogP contribution in [0.2, 0.25) is 0 Å². The predicted molar refractivity (Wildman–Crippen MR) is 85.8 cm³/mol. The Balaban J connectivity index is 0.000000847. The first kappa shape index (κ1) is 15.9. The van der Waals surface area contributed by atoms with E-state index in [0.29, 0.717) is 22.6 Å². The Morgan fingerprint density at radius 2 is 1.82 bits per heavy atom. The summed E-state index contributed by atoms with van der Waals surface area (Å²) >= 11 is 0. The molecule has 4 nitrogen and oxygen atoms in total. The van der Waals surface area contributed by atoms with Crippen molar-refractivity contribution in [3.63, 3.8) is 0 Å². The average molecular weight is 301 g/mol. The number of aromatic nitrogens is 3. The Hall–Kier alpha value is -2.43. The molecule has 0 aliphatic rings. The van der Waals surface area contributed by atoms with Crippen LogP contribution in [-0.2, 0) is 7.05 Å². The molecular formula is C17H20FN3O. The quantitative estimate of drug-likeness (QED) is 0.697. The van der Waals surface area contributed by atoms with Gasteiger partial charge >= 0.3 is 0 Å². The lowest BCUT2D eigenvalue weighted by Gasteiger charge is -2.10. The van der Waals surface area contributed by atoms with E-state index in [0.717, 1.165) is 11.0 Å². The first-order valence-electron chi connectivity index (χ1n) is 7.29. The summed E-state index contributed by atoms with van der Waals surface area (Å²) in [5.74, 6) is 0.892. The number of hydrogen-bond donors (Lipinski definition) is 0. The third-order valence-corrected chi connectivity index (χ3v) is 3.34. The van der Waals surface area contributed by atoms with Crippen molar-refractivity contribution in [2.75, 3.05) is 0 Å². The molecule has 1 heterocycles. The smallest absolute Gasteiger partial charge is 0.133 e. The van der Waals surface area contributed by atoms with Gasteiger partial charge in [0, 0.05) is 18.7 Å². The van der Waals surface area contributed by atoms with Crippen molar-refractivity contribution < 1.29 is 9.13 Å². The van der Waals surface area contributed by atoms with Gasteiger partial charge in [0.05, 0.1) is 5.52 Å². The molecule has 3 rings (SSSR count). The van der Waals surface area contributed by atoms with Crippen molar-refractivity contribution >= 4 is 11.0 Å². The zero-order chi connectivity index (χ0) is 16.3. The Bertz CT molecular complexity index is 796. The van der Waals surface area contributed by atoms with Crippen molar-refractivity contribution in [3.8, 4) is 11.5 Å². The molecule has 116 valence electrons. The third kappa shape index (κ3) is 2.93. The zero-order valence-corrected chi connectivity index (χ0v) is 13.5. The lowest BCUT2D eigenvalue weighted by Crippen LogP contribution is -1.93. The van der Waals surface area contributed by atoms with Crippen molar-refractivity contribution in [3.05, 3.63) is 47.3 Å². The van der Waals surface area contributed by atoms with Crippen LogP contribution >= 0.6 is 0 Å². The minimum Gasteiger partial charge on any atom is -0.457 e. The normalized spacial score (nSPS) is 10.3. The Labute approximate surface area is 129 Å². The number of nitrogens with zero attached hydrogens (tertiary/aromatic N) is 3. The van der Waals surface area contributed by atoms with E-state index in [4.69, 9.17) is 4.74 Å². The maximum absolute atomic E-state index is 13.8. The first-order chi connectivity index (χ1) is 10.6. The van der Waals surface area contributed by atoms with Crippen LogP contribution in [0, 0.1) is 19.7 Å². The van der Waals surface area contributed by atoms with E-state index >= 15 is 0 Å². The Kier molecular flexibility index (Phi) is 4.75. The van der Waals surface area contributed by atoms with E-state index in [-0.39, 0.29) is 5.82 Å². The van der Waals surface area contributed by atoms with Gasteiger partial charge in [0.1, 0.15) is 22.8 Å². The first-order valence-corrected chi connectivity index (χ1v) is 7.29. The molecule has 0 atom stereocenters. The second-order valence-corrected chi connectivity index (χ2v) is 4.79. The van der Waals surface area contributed by atoms with Crippen LogP contribution in [0.4, 0.5) is 4.39 Å². The highest BCUT2D eigenvalue weighted by molar-refractivity contribution is 5.76. The summed E-state index contributed by atoms with van der Waals surface area (Å²) in [5.41, 5.74) is 2.78. The molecule has 0 spiro atoms. The van der Waals surface area contributed by atoms with Crippen LogP contribution in [0.15, 0.2) is 30.3 Å². The number of aryl methyl sites for hydroxylation is 2. The van der Waals surface area contributed by atoms with Crippen molar-refractivity contribution in [2.24, 2.45) is 7.05 Å². The van der Waals surface area contributed by atoms with Gasteiger partial charge in [-0.1, -0.05) is 25.1 Å². The molecule has 22 heavy (non-hydrogen) atoms. The summed E-state index contributed by atoms with van der Waals surface area (Å²) in [7, 11) is 1.83. The van der Waals surface area contributed by atoms with Crippen molar-refractivity contribution in [1.29, 1.82) is 0 Å². The number of hydrogen-bond acceptors (Lipinski definition) is 3. The van der Waals surface area contributed by atoms with Crippen LogP contribution in [-0.4, -0.2) is 15.0 Å². The van der Waals surface area contributed by atoms with E-state index in [1.807, 2.05) is 33.0 Å². The van der Waals surface area contributed by atoms with E-state index in [9.17, 15) is 4.39 Å². The fourth-order valence-corrected chi connectivity index (χ4v) is 2.12. The number of benzene rings is 2. The van der Waals surface area contributed by atoms with Gasteiger partial charge in [0.25, 0.3) is 0 Å². The molecule has 0 aliphatic carbocycles. The molecule has 0 radical (unpaired) electrons. The lowest BCUT2D eigenvalue weighted by molar-refractivity contribution is 0.471. The standard InChI is InChI=1S/C15H14FN3O.C2H6/c1-9-4-7-14(10(2)15(9)16)20-11-5-6-13-12(8-11)17-18-19(13)3;1-2/h4-8H,1-3H3;1-2H3. The average Bonchev–Trinajstić information content (AvgIpc) is 2.91. The molecule has 0 unspecified atom stereocenters. The number of ether oxygens (including phenoxy) is 1. The van der Waals surface area contributed by atoms with Crippen molar-refractivity contribution in [1.82, 2.24) is 15.0 Å². The molecular weight excluding hydrogens is 281 g/mol. The third-order valence-electron chi connectivity index (χ3n) is 3.34. The Morgan fingerprint density at radius 1 is 1.09 bits per heavy atom. The van der Waals surface area contributed by atoms with E-state index in [1.54, 1.807) is 36.7 Å². The fourth-order valence-electron chi connectivity index (χ4n) is 2.12. The Morgan fingerprint density at radius 3 is 2.55 bits per heavy atom. The van der Waals surface area contributed by atoms with Crippen LogP contribution < -0.4 is 4.74 Å². The molecule has 0 bridgehead atoms. The summed E-state index contributed by atoms with van der Waals surface area (Å²) < 4.78 is 21.3. The second-order valence-electron chi connectivity index (χ2n) is 4.79. The SMILES string of the molecule is CC.Cc1ccc(Oc2ccc3c(c2)nnn3C)c(C)c1F. The summed E-state index contributed by atoms with van der Waals surface area (Å²) in [6.45, 7) is 7.44. The van der Waals surface area contributed by atoms with E-state index in [1.165, 1.54) is 0 Å². The number of rotatable bonds is 2. The van der Waals surface area contributed by atoms with Gasteiger partial charge in [-0.15, -0.1) is 5.10 Å². The van der Waals surface area contributed by atoms with Crippen molar-refractivity contribution in [2.45, 2.75) is 27.7 Å². The molecule has 5 heteroatoms. The van der Waals surface area contributed by atoms with Gasteiger partial charge in [-0.2, -0.15) is 0 Å². The van der Waals surface area contributed by atoms with Gasteiger partial charge in [0.2, 0.25) is 0 Å². The fraction of sp³-hybridized carbons (Fsp3) is 0.294. The highest BCUT2D eigenvalue weighted by Gasteiger charge is 2.10. The van der Waals surface area contributed by atoms with Crippen LogP contribution in [0.1, 0.15) is 25.0 Å². The number of halogens is 1. The largest absolute Gasteiger partial charge is 0.457 e. The molecule has 2 aromatic carbocycles. The van der Waals surface area contributed by atoms with Crippen LogP contribution in [0.25, 0.3) is 11.0 Å². The molecule has 1 aromatic heterocycles. The highest BCUT2D eigenvalue weighted by atomic mass is 19.1. The van der Waals surface area contributed by atoms with Gasteiger partial charge < -0.3 is 4.74 Å². The molecule has 0 N–H and O–H groups in total.